The van der Waals surface area contributed by atoms with Crippen LogP contribution in [0.2, 0.25) is 0 Å². The molecule has 0 saturated carbocycles. The summed E-state index contributed by atoms with van der Waals surface area (Å²) in [5, 5.41) is 2.97. The van der Waals surface area contributed by atoms with Crippen molar-refractivity contribution in [3.8, 4) is 11.4 Å². The Morgan fingerprint density at radius 1 is 1.09 bits per heavy atom. The van der Waals surface area contributed by atoms with Crippen molar-refractivity contribution < 1.29 is 9.53 Å². The molecule has 1 aliphatic rings. The molecule has 0 spiro atoms. The van der Waals surface area contributed by atoms with Gasteiger partial charge in [0.15, 0.2) is 5.65 Å². The van der Waals surface area contributed by atoms with Crippen molar-refractivity contribution in [1.82, 2.24) is 29.7 Å². The van der Waals surface area contributed by atoms with Gasteiger partial charge in [0.05, 0.1) is 0 Å². The second-order valence-corrected chi connectivity index (χ2v) is 8.21. The molecular weight excluding hydrogens is 404 g/mol. The summed E-state index contributed by atoms with van der Waals surface area (Å²) >= 11 is 0. The summed E-state index contributed by atoms with van der Waals surface area (Å²) < 4.78 is 7.24. The molecule has 1 N–H and O–H groups in total. The average Bonchev–Trinajstić information content (AvgIpc) is 3.20. The van der Waals surface area contributed by atoms with E-state index in [9.17, 15) is 4.79 Å². The Morgan fingerprint density at radius 2 is 1.88 bits per heavy atom. The number of piperazine rings is 1. The molecule has 1 aliphatic heterocycles. The number of aryl methyl sites for hydroxylation is 1. The van der Waals surface area contributed by atoms with Crippen molar-refractivity contribution in [3.63, 3.8) is 0 Å². The van der Waals surface area contributed by atoms with Gasteiger partial charge in [-0.25, -0.2) is 14.8 Å². The van der Waals surface area contributed by atoms with Crippen LogP contribution in [0.3, 0.4) is 0 Å². The minimum atomic E-state index is 0.0206. The van der Waals surface area contributed by atoms with Crippen molar-refractivity contribution >= 4 is 17.2 Å². The first-order chi connectivity index (χ1) is 15.7. The molecule has 0 atom stereocenters. The van der Waals surface area contributed by atoms with Gasteiger partial charge in [-0.2, -0.15) is 0 Å². The predicted octanol–water partition coefficient (Wildman–Crippen LogP) is 2.77. The molecule has 0 radical (unpaired) electrons. The van der Waals surface area contributed by atoms with Gasteiger partial charge in [-0.3, -0.25) is 4.90 Å². The molecule has 32 heavy (non-hydrogen) atoms. The van der Waals surface area contributed by atoms with Crippen molar-refractivity contribution in [3.05, 3.63) is 48.2 Å². The Kier molecular flexibility index (Phi) is 7.34. The number of carbonyl (C=O) groups excluding carboxylic acids is 1. The maximum Gasteiger partial charge on any atom is 0.317 e. The smallest absolute Gasteiger partial charge is 0.317 e. The zero-order valence-electron chi connectivity index (χ0n) is 19.0. The van der Waals surface area contributed by atoms with E-state index >= 15 is 0 Å². The molecule has 2 aromatic heterocycles. The van der Waals surface area contributed by atoms with E-state index in [1.54, 1.807) is 7.11 Å². The van der Waals surface area contributed by atoms with E-state index in [2.05, 4.69) is 51.0 Å². The number of methoxy groups -OCH3 is 1. The molecule has 2 amide bonds. The lowest BCUT2D eigenvalue weighted by atomic mass is 10.1. The number of benzene rings is 1. The van der Waals surface area contributed by atoms with Crippen molar-refractivity contribution in [1.29, 1.82) is 0 Å². The van der Waals surface area contributed by atoms with E-state index in [4.69, 9.17) is 9.72 Å². The van der Waals surface area contributed by atoms with E-state index in [-0.39, 0.29) is 6.03 Å². The Labute approximate surface area is 189 Å². The third-order valence-corrected chi connectivity index (χ3v) is 5.91. The van der Waals surface area contributed by atoms with Crippen LogP contribution < -0.4 is 5.32 Å². The zero-order chi connectivity index (χ0) is 22.3. The van der Waals surface area contributed by atoms with Gasteiger partial charge < -0.3 is 19.5 Å². The monoisotopic (exact) mass is 436 g/mol. The highest BCUT2D eigenvalue weighted by Crippen LogP contribution is 2.24. The fraction of sp³-hybridized carbons (Fsp3) is 0.458. The van der Waals surface area contributed by atoms with Gasteiger partial charge in [0.25, 0.3) is 0 Å². The van der Waals surface area contributed by atoms with Crippen LogP contribution in [0.5, 0.6) is 0 Å². The van der Waals surface area contributed by atoms with Crippen molar-refractivity contribution in [2.75, 3.05) is 53.0 Å². The van der Waals surface area contributed by atoms with Crippen molar-refractivity contribution in [2.24, 2.45) is 0 Å². The SMILES string of the molecule is COCCCNC(=O)N1CCN(CCn2c(-c3ccc(C)cc3)nc3cccnc32)CC1. The zero-order valence-corrected chi connectivity index (χ0v) is 19.0. The van der Waals surface area contributed by atoms with Gasteiger partial charge >= 0.3 is 6.03 Å². The summed E-state index contributed by atoms with van der Waals surface area (Å²) in [6.45, 7) is 8.31. The van der Waals surface area contributed by atoms with Crippen LogP contribution in [0.15, 0.2) is 42.6 Å². The van der Waals surface area contributed by atoms with Gasteiger partial charge in [-0.05, 0) is 25.5 Å². The fourth-order valence-electron chi connectivity index (χ4n) is 4.03. The summed E-state index contributed by atoms with van der Waals surface area (Å²) in [6.07, 6.45) is 2.65. The Morgan fingerprint density at radius 3 is 2.62 bits per heavy atom. The minimum Gasteiger partial charge on any atom is -0.385 e. The van der Waals surface area contributed by atoms with Crippen molar-refractivity contribution in [2.45, 2.75) is 19.9 Å². The second-order valence-electron chi connectivity index (χ2n) is 8.21. The molecule has 3 aromatic rings. The first-order valence-electron chi connectivity index (χ1n) is 11.3. The Bertz CT molecular complexity index is 1020. The summed E-state index contributed by atoms with van der Waals surface area (Å²) in [4.78, 5) is 26.1. The second kappa shape index (κ2) is 10.6. The number of nitrogens with one attached hydrogen (secondary N) is 1. The average molecular weight is 437 g/mol. The summed E-state index contributed by atoms with van der Waals surface area (Å²) in [7, 11) is 1.67. The molecule has 170 valence electrons. The highest BCUT2D eigenvalue weighted by molar-refractivity contribution is 5.77. The van der Waals surface area contributed by atoms with Crippen LogP contribution in [0.4, 0.5) is 4.79 Å². The predicted molar refractivity (Wildman–Crippen MR) is 126 cm³/mol. The number of nitrogens with zero attached hydrogens (tertiary/aromatic N) is 5. The maximum absolute atomic E-state index is 12.3. The van der Waals surface area contributed by atoms with Crippen LogP contribution in [0, 0.1) is 6.92 Å². The van der Waals surface area contributed by atoms with Gasteiger partial charge in [0, 0.05) is 71.3 Å². The Balaban J connectivity index is 1.37. The topological polar surface area (TPSA) is 75.5 Å². The lowest BCUT2D eigenvalue weighted by molar-refractivity contribution is 0.136. The molecule has 1 aromatic carbocycles. The van der Waals surface area contributed by atoms with E-state index in [1.807, 2.05) is 23.2 Å². The van der Waals surface area contributed by atoms with E-state index < -0.39 is 0 Å². The maximum atomic E-state index is 12.3. The number of imidazole rings is 1. The summed E-state index contributed by atoms with van der Waals surface area (Å²) in [5.74, 6) is 0.952. The minimum absolute atomic E-state index is 0.0206. The number of amides is 2. The standard InChI is InChI=1S/C24H32N6O2/c1-19-6-8-20(9-7-19)22-27-21-5-3-10-25-23(21)30(22)17-14-28-12-15-29(16-13-28)24(31)26-11-4-18-32-2/h3,5-10H,4,11-18H2,1-2H3,(H,26,31). The van der Waals surface area contributed by atoms with Crippen LogP contribution in [-0.4, -0.2) is 83.4 Å². The molecule has 8 heteroatoms. The Hall–Kier alpha value is -2.97. The quantitative estimate of drug-likeness (QED) is 0.550. The van der Waals surface area contributed by atoms with E-state index in [1.165, 1.54) is 5.56 Å². The normalized spacial score (nSPS) is 14.8. The lowest BCUT2D eigenvalue weighted by Crippen LogP contribution is -2.52. The molecule has 1 fully saturated rings. The number of hydrogen-bond acceptors (Lipinski definition) is 5. The largest absolute Gasteiger partial charge is 0.385 e. The number of urea groups is 1. The lowest BCUT2D eigenvalue weighted by Gasteiger charge is -2.34. The fourth-order valence-corrected chi connectivity index (χ4v) is 4.03. The van der Waals surface area contributed by atoms with Gasteiger partial charge in [-0.1, -0.05) is 29.8 Å². The van der Waals surface area contributed by atoms with Crippen LogP contribution in [0.1, 0.15) is 12.0 Å². The number of hydrogen-bond donors (Lipinski definition) is 1. The number of ether oxygens (including phenoxy) is 1. The van der Waals surface area contributed by atoms with Crippen LogP contribution in [-0.2, 0) is 11.3 Å². The van der Waals surface area contributed by atoms with Gasteiger partial charge in [-0.15, -0.1) is 0 Å². The number of rotatable bonds is 8. The van der Waals surface area contributed by atoms with Gasteiger partial charge in [0.2, 0.25) is 0 Å². The number of carbonyl (C=O) groups is 1. The third kappa shape index (κ3) is 5.26. The number of pyridine rings is 1. The summed E-state index contributed by atoms with van der Waals surface area (Å²) in [5.41, 5.74) is 4.16. The van der Waals surface area contributed by atoms with Gasteiger partial charge in [0.1, 0.15) is 11.3 Å². The van der Waals surface area contributed by atoms with E-state index in [0.717, 1.165) is 68.2 Å². The van der Waals surface area contributed by atoms with E-state index in [0.29, 0.717) is 13.2 Å². The first-order valence-corrected chi connectivity index (χ1v) is 11.3. The van der Waals surface area contributed by atoms with Crippen LogP contribution >= 0.6 is 0 Å². The summed E-state index contributed by atoms with van der Waals surface area (Å²) in [6, 6.07) is 12.4. The molecule has 0 unspecified atom stereocenters. The number of fused-ring (bicyclic) bond motifs is 1. The highest BCUT2D eigenvalue weighted by atomic mass is 16.5. The molecule has 1 saturated heterocycles. The molecule has 0 bridgehead atoms. The molecule has 4 rings (SSSR count). The third-order valence-electron chi connectivity index (χ3n) is 5.91. The first kappa shape index (κ1) is 22.2. The molecule has 0 aliphatic carbocycles. The molecular formula is C24H32N6O2. The number of aromatic nitrogens is 3. The molecule has 8 nitrogen and oxygen atoms in total. The van der Waals surface area contributed by atoms with Crippen LogP contribution in [0.25, 0.3) is 22.6 Å². The highest BCUT2D eigenvalue weighted by Gasteiger charge is 2.21. The molecule has 3 heterocycles.